The standard InChI is InChI=1S/C8H11NO.ClH/c1-9(2)7-4-3-5-8(10)6-7;/h3-6,10H,1-2H3;1H. The molecule has 1 aromatic rings. The lowest BCUT2D eigenvalue weighted by Crippen LogP contribution is -2.07. The van der Waals surface area contributed by atoms with Crippen molar-refractivity contribution in [3.05, 3.63) is 24.3 Å². The van der Waals surface area contributed by atoms with Gasteiger partial charge in [0.05, 0.1) is 0 Å². The minimum absolute atomic E-state index is 0. The first kappa shape index (κ1) is 10.1. The van der Waals surface area contributed by atoms with E-state index in [-0.39, 0.29) is 12.4 Å². The summed E-state index contributed by atoms with van der Waals surface area (Å²) in [7, 11) is 3.88. The Morgan fingerprint density at radius 2 is 1.91 bits per heavy atom. The van der Waals surface area contributed by atoms with Crippen molar-refractivity contribution >= 4 is 18.1 Å². The van der Waals surface area contributed by atoms with E-state index in [0.29, 0.717) is 5.75 Å². The largest absolute Gasteiger partial charge is 0.508 e. The first-order valence-corrected chi connectivity index (χ1v) is 3.16. The molecule has 3 heteroatoms. The van der Waals surface area contributed by atoms with Crippen LogP contribution in [0.15, 0.2) is 24.3 Å². The quantitative estimate of drug-likeness (QED) is 0.701. The van der Waals surface area contributed by atoms with E-state index in [1.807, 2.05) is 31.1 Å². The Kier molecular flexibility index (Phi) is 3.76. The van der Waals surface area contributed by atoms with Crippen LogP contribution < -0.4 is 4.90 Å². The van der Waals surface area contributed by atoms with Gasteiger partial charge in [-0.2, -0.15) is 0 Å². The van der Waals surface area contributed by atoms with E-state index in [9.17, 15) is 0 Å². The van der Waals surface area contributed by atoms with Crippen LogP contribution in [0.2, 0.25) is 0 Å². The molecule has 0 radical (unpaired) electrons. The van der Waals surface area contributed by atoms with Gasteiger partial charge in [0.1, 0.15) is 5.75 Å². The lowest BCUT2D eigenvalue weighted by atomic mass is 10.3. The van der Waals surface area contributed by atoms with Crippen LogP contribution in [0.25, 0.3) is 0 Å². The van der Waals surface area contributed by atoms with Crippen molar-refractivity contribution in [1.29, 1.82) is 0 Å². The van der Waals surface area contributed by atoms with Gasteiger partial charge < -0.3 is 10.0 Å². The fourth-order valence-electron chi connectivity index (χ4n) is 0.771. The van der Waals surface area contributed by atoms with Crippen LogP contribution in [0, 0.1) is 0 Å². The highest BCUT2D eigenvalue weighted by atomic mass is 35.5. The molecule has 0 spiro atoms. The molecule has 1 rings (SSSR count). The summed E-state index contributed by atoms with van der Waals surface area (Å²) in [4.78, 5) is 1.94. The second-order valence-corrected chi connectivity index (χ2v) is 2.41. The van der Waals surface area contributed by atoms with Crippen molar-refractivity contribution in [1.82, 2.24) is 0 Å². The lowest BCUT2D eigenvalue weighted by molar-refractivity contribution is 0.475. The zero-order valence-corrected chi connectivity index (χ0v) is 7.43. The maximum Gasteiger partial charge on any atom is 0.117 e. The molecule has 62 valence electrons. The molecule has 0 atom stereocenters. The predicted octanol–water partition coefficient (Wildman–Crippen LogP) is 1.88. The number of hydrogen-bond donors (Lipinski definition) is 1. The number of phenolic OH excluding ortho intramolecular Hbond substituents is 1. The summed E-state index contributed by atoms with van der Waals surface area (Å²) < 4.78 is 0. The molecule has 2 nitrogen and oxygen atoms in total. The number of phenols is 1. The lowest BCUT2D eigenvalue weighted by Gasteiger charge is -2.11. The highest BCUT2D eigenvalue weighted by Gasteiger charge is 1.93. The van der Waals surface area contributed by atoms with Crippen molar-refractivity contribution < 1.29 is 5.11 Å². The van der Waals surface area contributed by atoms with Crippen molar-refractivity contribution in [2.45, 2.75) is 0 Å². The molecule has 0 aliphatic carbocycles. The predicted molar refractivity (Wildman–Crippen MR) is 49.7 cm³/mol. The number of hydrogen-bond acceptors (Lipinski definition) is 2. The van der Waals surface area contributed by atoms with E-state index in [1.165, 1.54) is 0 Å². The molecule has 0 saturated heterocycles. The van der Waals surface area contributed by atoms with Gasteiger partial charge in [-0.3, -0.25) is 0 Å². The van der Waals surface area contributed by atoms with E-state index in [2.05, 4.69) is 0 Å². The Morgan fingerprint density at radius 3 is 2.27 bits per heavy atom. The molecule has 0 unspecified atom stereocenters. The Morgan fingerprint density at radius 1 is 1.27 bits per heavy atom. The second-order valence-electron chi connectivity index (χ2n) is 2.41. The summed E-state index contributed by atoms with van der Waals surface area (Å²) in [5.74, 6) is 0.311. The molecule has 0 aromatic heterocycles. The molecule has 0 aliphatic heterocycles. The highest BCUT2D eigenvalue weighted by Crippen LogP contribution is 2.16. The van der Waals surface area contributed by atoms with Gasteiger partial charge in [-0.25, -0.2) is 0 Å². The molecule has 0 bridgehead atoms. The highest BCUT2D eigenvalue weighted by molar-refractivity contribution is 5.85. The van der Waals surface area contributed by atoms with Crippen LogP contribution in [-0.2, 0) is 0 Å². The molecular weight excluding hydrogens is 162 g/mol. The molecule has 1 N–H and O–H groups in total. The third-order valence-electron chi connectivity index (χ3n) is 1.35. The Labute approximate surface area is 72.9 Å². The van der Waals surface area contributed by atoms with Crippen LogP contribution >= 0.6 is 12.4 Å². The van der Waals surface area contributed by atoms with Crippen LogP contribution in [0.1, 0.15) is 0 Å². The van der Waals surface area contributed by atoms with Gasteiger partial charge in [-0.15, -0.1) is 12.4 Å². The van der Waals surface area contributed by atoms with E-state index in [4.69, 9.17) is 5.11 Å². The van der Waals surface area contributed by atoms with E-state index in [1.54, 1.807) is 12.1 Å². The number of anilines is 1. The fraction of sp³-hybridized carbons (Fsp3) is 0.250. The molecule has 0 aliphatic rings. The van der Waals surface area contributed by atoms with E-state index in [0.717, 1.165) is 5.69 Å². The average Bonchev–Trinajstić information content (AvgIpc) is 1.88. The summed E-state index contributed by atoms with van der Waals surface area (Å²) in [5, 5.41) is 9.04. The number of rotatable bonds is 1. The van der Waals surface area contributed by atoms with Gasteiger partial charge in [-0.1, -0.05) is 6.07 Å². The Bertz CT molecular complexity index is 225. The molecule has 11 heavy (non-hydrogen) atoms. The molecule has 0 fully saturated rings. The van der Waals surface area contributed by atoms with Crippen molar-refractivity contribution in [3.63, 3.8) is 0 Å². The summed E-state index contributed by atoms with van der Waals surface area (Å²) in [6, 6.07) is 7.15. The number of benzene rings is 1. The Balaban J connectivity index is 0.000001000. The molecule has 1 aromatic carbocycles. The summed E-state index contributed by atoms with van der Waals surface area (Å²) in [6.45, 7) is 0. The maximum atomic E-state index is 9.04. The van der Waals surface area contributed by atoms with Crippen LogP contribution in [0.4, 0.5) is 5.69 Å². The minimum Gasteiger partial charge on any atom is -0.508 e. The summed E-state index contributed by atoms with van der Waals surface area (Å²) >= 11 is 0. The van der Waals surface area contributed by atoms with E-state index >= 15 is 0 Å². The zero-order chi connectivity index (χ0) is 7.56. The maximum absolute atomic E-state index is 9.04. The Hall–Kier alpha value is -0.890. The minimum atomic E-state index is 0. The summed E-state index contributed by atoms with van der Waals surface area (Å²) in [6.07, 6.45) is 0. The number of nitrogens with zero attached hydrogens (tertiary/aromatic N) is 1. The molecule has 0 amide bonds. The smallest absolute Gasteiger partial charge is 0.117 e. The topological polar surface area (TPSA) is 23.5 Å². The molecule has 0 saturated carbocycles. The molecule has 0 heterocycles. The van der Waals surface area contributed by atoms with Crippen LogP contribution in [0.3, 0.4) is 0 Å². The van der Waals surface area contributed by atoms with Gasteiger partial charge in [-0.05, 0) is 12.1 Å². The van der Waals surface area contributed by atoms with Crippen LogP contribution in [-0.4, -0.2) is 19.2 Å². The molecular formula is C8H12ClNO. The average molecular weight is 174 g/mol. The van der Waals surface area contributed by atoms with Crippen molar-refractivity contribution in [2.24, 2.45) is 0 Å². The monoisotopic (exact) mass is 173 g/mol. The zero-order valence-electron chi connectivity index (χ0n) is 6.61. The van der Waals surface area contributed by atoms with E-state index < -0.39 is 0 Å². The first-order chi connectivity index (χ1) is 4.70. The second kappa shape index (κ2) is 4.09. The van der Waals surface area contributed by atoms with Gasteiger partial charge in [0.2, 0.25) is 0 Å². The van der Waals surface area contributed by atoms with Gasteiger partial charge in [0.25, 0.3) is 0 Å². The van der Waals surface area contributed by atoms with Crippen molar-refractivity contribution in [2.75, 3.05) is 19.0 Å². The first-order valence-electron chi connectivity index (χ1n) is 3.16. The summed E-state index contributed by atoms with van der Waals surface area (Å²) in [5.41, 5.74) is 1.01. The number of aromatic hydroxyl groups is 1. The third-order valence-corrected chi connectivity index (χ3v) is 1.35. The van der Waals surface area contributed by atoms with Crippen LogP contribution in [0.5, 0.6) is 5.75 Å². The number of halogens is 1. The normalized spacial score (nSPS) is 8.55. The van der Waals surface area contributed by atoms with Gasteiger partial charge in [0, 0.05) is 25.8 Å². The van der Waals surface area contributed by atoms with Crippen molar-refractivity contribution in [3.8, 4) is 5.75 Å². The fourth-order valence-corrected chi connectivity index (χ4v) is 0.771. The van der Waals surface area contributed by atoms with Gasteiger partial charge in [0.15, 0.2) is 0 Å². The third kappa shape index (κ3) is 2.68. The SMILES string of the molecule is CN(C)c1cccc(O)c1.Cl. The van der Waals surface area contributed by atoms with Gasteiger partial charge >= 0.3 is 0 Å².